The van der Waals surface area contributed by atoms with Gasteiger partial charge in [-0.1, -0.05) is 104 Å². The van der Waals surface area contributed by atoms with Gasteiger partial charge in [-0.05, 0) is 21.5 Å². The molecule has 0 unspecified atom stereocenters. The zero-order chi connectivity index (χ0) is 26.2. The van der Waals surface area contributed by atoms with Gasteiger partial charge < -0.3 is 29.9 Å². The number of benzene rings is 4. The summed E-state index contributed by atoms with van der Waals surface area (Å²) in [6.07, 6.45) is 0. The first kappa shape index (κ1) is 26.2. The molecular formula is C33H20N8Na-. The molecule has 0 saturated heterocycles. The van der Waals surface area contributed by atoms with E-state index in [1.807, 2.05) is 97.1 Å². The average molecular weight is 552 g/mol. The van der Waals surface area contributed by atoms with Gasteiger partial charge in [0.1, 0.15) is 0 Å². The molecule has 8 bridgehead atoms. The van der Waals surface area contributed by atoms with Crippen LogP contribution in [-0.2, 0) is 0 Å². The van der Waals surface area contributed by atoms with Crippen LogP contribution in [0.5, 0.6) is 0 Å². The van der Waals surface area contributed by atoms with Gasteiger partial charge in [0.2, 0.25) is 0 Å². The number of nitrogens with zero attached hydrogens (tertiary/aromatic N) is 8. The van der Waals surface area contributed by atoms with Gasteiger partial charge in [0.15, 0.2) is 0 Å². The molecule has 0 N–H and O–H groups in total. The van der Waals surface area contributed by atoms with E-state index in [9.17, 15) is 0 Å². The Morgan fingerprint density at radius 2 is 0.571 bits per heavy atom. The molecule has 0 fully saturated rings. The van der Waals surface area contributed by atoms with E-state index in [0.717, 1.165) is 43.8 Å². The van der Waals surface area contributed by atoms with Gasteiger partial charge in [-0.3, -0.25) is 0 Å². The molecule has 194 valence electrons. The van der Waals surface area contributed by atoms with Gasteiger partial charge in [0.05, 0.1) is 23.3 Å². The van der Waals surface area contributed by atoms with Crippen molar-refractivity contribution in [2.75, 3.05) is 0 Å². The van der Waals surface area contributed by atoms with Crippen LogP contribution in [0.1, 0.15) is 7.43 Å². The predicted octanol–water partition coefficient (Wildman–Crippen LogP) is 3.77. The minimum Gasteiger partial charge on any atom is -0.357 e. The number of aromatic nitrogens is 8. The molecule has 2 aliphatic rings. The molecule has 0 saturated carbocycles. The Morgan fingerprint density at radius 3 is 0.833 bits per heavy atom. The van der Waals surface area contributed by atoms with E-state index in [4.69, 9.17) is 39.9 Å². The van der Waals surface area contributed by atoms with Crippen molar-refractivity contribution in [3.8, 4) is 45.6 Å². The Bertz CT molecular complexity index is 2030. The molecule has 2 aliphatic heterocycles. The van der Waals surface area contributed by atoms with Crippen LogP contribution >= 0.6 is 0 Å². The van der Waals surface area contributed by atoms with Gasteiger partial charge in [0.25, 0.3) is 0 Å². The Morgan fingerprint density at radius 1 is 0.333 bits per heavy atom. The second-order valence-corrected chi connectivity index (χ2v) is 9.67. The second kappa shape index (κ2) is 9.95. The summed E-state index contributed by atoms with van der Waals surface area (Å²) in [6.45, 7) is 0. The molecule has 0 radical (unpaired) electrons. The van der Waals surface area contributed by atoms with E-state index in [2.05, 4.69) is 0 Å². The fourth-order valence-electron chi connectivity index (χ4n) is 5.46. The van der Waals surface area contributed by atoms with Crippen LogP contribution in [0.2, 0.25) is 0 Å². The molecule has 9 heteroatoms. The van der Waals surface area contributed by atoms with E-state index < -0.39 is 0 Å². The van der Waals surface area contributed by atoms with Gasteiger partial charge in [0, 0.05) is 44.8 Å². The smallest absolute Gasteiger partial charge is 0.357 e. The summed E-state index contributed by atoms with van der Waals surface area (Å²) in [6, 6.07) is 31.8. The fourth-order valence-corrected chi connectivity index (χ4v) is 5.46. The van der Waals surface area contributed by atoms with Crippen LogP contribution in [0.15, 0.2) is 97.1 Å². The molecule has 0 aliphatic carbocycles. The third-order valence-electron chi connectivity index (χ3n) is 7.33. The third-order valence-corrected chi connectivity index (χ3v) is 7.33. The maximum absolute atomic E-state index is 4.95. The van der Waals surface area contributed by atoms with Crippen molar-refractivity contribution >= 4 is 44.1 Å². The van der Waals surface area contributed by atoms with Crippen LogP contribution in [0.25, 0.3) is 89.7 Å². The van der Waals surface area contributed by atoms with Crippen molar-refractivity contribution in [1.82, 2.24) is 39.9 Å². The van der Waals surface area contributed by atoms with Gasteiger partial charge in [-0.15, -0.1) is 0 Å². The van der Waals surface area contributed by atoms with E-state index in [0.29, 0.717) is 45.9 Å². The SMILES string of the molecule is C.[Na+].c1ccc2c(c1)-c1nc-2nc2[n-]c(nc3nc(nc4[n-]c(n1)c1ccccc41)-c1ccccc1-3)c1ccccc21. The molecule has 5 heterocycles. The molecule has 0 atom stereocenters. The fraction of sp³-hybridized carbons (Fsp3) is 0.0303. The maximum atomic E-state index is 4.95. The first-order valence-electron chi connectivity index (χ1n) is 12.9. The molecule has 8 nitrogen and oxygen atoms in total. The van der Waals surface area contributed by atoms with Gasteiger partial charge in [-0.25, -0.2) is 9.97 Å². The number of hydrogen-bond donors (Lipinski definition) is 0. The first-order chi connectivity index (χ1) is 19.8. The summed E-state index contributed by atoms with van der Waals surface area (Å²) >= 11 is 0. The van der Waals surface area contributed by atoms with E-state index in [1.165, 1.54) is 0 Å². The summed E-state index contributed by atoms with van der Waals surface area (Å²) in [5.74, 6) is 2.21. The molecule has 0 spiro atoms. The largest absolute Gasteiger partial charge is 1.00 e. The van der Waals surface area contributed by atoms with E-state index >= 15 is 0 Å². The number of rotatable bonds is 0. The summed E-state index contributed by atoms with van der Waals surface area (Å²) in [5, 5.41) is 3.57. The van der Waals surface area contributed by atoms with Crippen LogP contribution in [-0.4, -0.2) is 29.9 Å². The van der Waals surface area contributed by atoms with E-state index in [-0.39, 0.29) is 37.0 Å². The van der Waals surface area contributed by atoms with Crippen molar-refractivity contribution < 1.29 is 29.6 Å². The standard InChI is InChI=1S/C32H16N8.CH4.Na/c1-2-10-18-17(9-1)25-33-26(18)38-28-21-13-5-6-14-22(21)30(35-28)40-32-24-16-8-7-15-23(24)31(36-32)39-29-20-12-4-3-11-19(20)27(34-29)37-25;;/h1-16H;1H4;/q-2;;+1. The first-order valence-corrected chi connectivity index (χ1v) is 12.9. The molecule has 4 aromatic carbocycles. The van der Waals surface area contributed by atoms with Crippen molar-refractivity contribution in [3.63, 3.8) is 0 Å². The zero-order valence-corrected chi connectivity index (χ0v) is 23.8. The van der Waals surface area contributed by atoms with Crippen molar-refractivity contribution in [2.24, 2.45) is 0 Å². The van der Waals surface area contributed by atoms with E-state index in [1.54, 1.807) is 0 Å². The van der Waals surface area contributed by atoms with Crippen molar-refractivity contribution in [2.45, 2.75) is 7.43 Å². The topological polar surface area (TPSA) is 106 Å². The van der Waals surface area contributed by atoms with Crippen LogP contribution in [0.3, 0.4) is 0 Å². The number of hydrogen-bond acceptors (Lipinski definition) is 6. The van der Waals surface area contributed by atoms with Crippen molar-refractivity contribution in [1.29, 1.82) is 0 Å². The van der Waals surface area contributed by atoms with Crippen LogP contribution < -0.4 is 39.5 Å². The Labute approximate surface area is 262 Å². The maximum Gasteiger partial charge on any atom is 1.00 e. The molecule has 9 rings (SSSR count). The predicted molar refractivity (Wildman–Crippen MR) is 161 cm³/mol. The Kier molecular flexibility index (Phi) is 6.20. The van der Waals surface area contributed by atoms with Crippen molar-refractivity contribution in [3.05, 3.63) is 97.1 Å². The third kappa shape index (κ3) is 3.88. The van der Waals surface area contributed by atoms with Crippen LogP contribution in [0, 0.1) is 0 Å². The summed E-state index contributed by atoms with van der Waals surface area (Å²) < 4.78 is 0. The average Bonchev–Trinajstić information content (AvgIpc) is 3.73. The van der Waals surface area contributed by atoms with Gasteiger partial charge >= 0.3 is 29.6 Å². The monoisotopic (exact) mass is 551 g/mol. The molecule has 7 aromatic rings. The molecule has 42 heavy (non-hydrogen) atoms. The second-order valence-electron chi connectivity index (χ2n) is 9.67. The quantitative estimate of drug-likeness (QED) is 0.262. The summed E-state index contributed by atoms with van der Waals surface area (Å²) in [5.41, 5.74) is 5.78. The van der Waals surface area contributed by atoms with Crippen LogP contribution in [0.4, 0.5) is 0 Å². The minimum atomic E-state index is 0. The summed E-state index contributed by atoms with van der Waals surface area (Å²) in [4.78, 5) is 39.3. The minimum absolute atomic E-state index is 0. The normalized spacial score (nSPS) is 11.4. The van der Waals surface area contributed by atoms with Gasteiger partial charge in [-0.2, -0.15) is 0 Å². The number of fused-ring (bicyclic) bond motifs is 20. The Hall–Kier alpha value is -4.76. The molecule has 0 amide bonds. The Balaban J connectivity index is 0.00000144. The summed E-state index contributed by atoms with van der Waals surface area (Å²) in [7, 11) is 0. The molecule has 3 aromatic heterocycles. The molecular weight excluding hydrogens is 531 g/mol. The zero-order valence-electron chi connectivity index (χ0n) is 21.8.